The minimum atomic E-state index is 0.0648. The van der Waals surface area contributed by atoms with Crippen molar-refractivity contribution in [1.29, 1.82) is 0 Å². The first-order chi connectivity index (χ1) is 12.7. The van der Waals surface area contributed by atoms with Crippen LogP contribution in [0.4, 0.5) is 0 Å². The summed E-state index contributed by atoms with van der Waals surface area (Å²) in [6, 6.07) is 21.2. The summed E-state index contributed by atoms with van der Waals surface area (Å²) in [4.78, 5) is 0. The Morgan fingerprint density at radius 2 is 1.73 bits per heavy atom. The van der Waals surface area contributed by atoms with Gasteiger partial charge in [0.05, 0.1) is 6.61 Å². The summed E-state index contributed by atoms with van der Waals surface area (Å²) in [5.74, 6) is 0. The lowest BCUT2D eigenvalue weighted by molar-refractivity contribution is 0.119. The summed E-state index contributed by atoms with van der Waals surface area (Å²) in [6.07, 6.45) is 5.71. The highest BCUT2D eigenvalue weighted by Gasteiger charge is 2.29. The maximum Gasteiger partial charge on any atom is 0.105 e. The number of ether oxygens (including phenoxy) is 1. The predicted molar refractivity (Wildman–Crippen MR) is 111 cm³/mol. The fourth-order valence-electron chi connectivity index (χ4n) is 3.55. The Hall–Kier alpha value is -2.38. The van der Waals surface area contributed by atoms with Gasteiger partial charge in [0.1, 0.15) is 6.10 Å². The Bertz CT molecular complexity index is 797. The number of hydrogen-bond donors (Lipinski definition) is 0. The van der Waals surface area contributed by atoms with Crippen molar-refractivity contribution in [3.8, 4) is 0 Å². The van der Waals surface area contributed by atoms with Crippen LogP contribution in [0.1, 0.15) is 50.3 Å². The average molecular weight is 344 g/mol. The third kappa shape index (κ3) is 4.23. The summed E-state index contributed by atoms with van der Waals surface area (Å²) in [5, 5.41) is 0. The zero-order valence-electron chi connectivity index (χ0n) is 15.9. The molecule has 1 aliphatic heterocycles. The molecular weight excluding hydrogens is 316 g/mol. The summed E-state index contributed by atoms with van der Waals surface area (Å²) >= 11 is 0. The third-order valence-corrected chi connectivity index (χ3v) is 4.80. The quantitative estimate of drug-likeness (QED) is 0.496. The van der Waals surface area contributed by atoms with Gasteiger partial charge in [-0.3, -0.25) is 0 Å². The van der Waals surface area contributed by atoms with Gasteiger partial charge in [0.25, 0.3) is 0 Å². The zero-order chi connectivity index (χ0) is 18.4. The van der Waals surface area contributed by atoms with Crippen LogP contribution < -0.4 is 0 Å². The van der Waals surface area contributed by atoms with E-state index in [9.17, 15) is 0 Å². The molecule has 0 fully saturated rings. The van der Waals surface area contributed by atoms with Crippen LogP contribution in [-0.2, 0) is 4.74 Å². The minimum Gasteiger partial charge on any atom is -0.364 e. The normalized spacial score (nSPS) is 17.6. The number of unbranched alkanes of at least 4 members (excludes halogenated alkanes) is 1. The van der Waals surface area contributed by atoms with Gasteiger partial charge in [-0.05, 0) is 47.6 Å². The molecule has 0 saturated carbocycles. The number of rotatable bonds is 7. The molecule has 0 aliphatic carbocycles. The second-order valence-corrected chi connectivity index (χ2v) is 6.98. The molecule has 1 heteroatoms. The number of allylic oxidation sites excluding steroid dienone is 2. The van der Waals surface area contributed by atoms with Crippen molar-refractivity contribution in [3.63, 3.8) is 0 Å². The summed E-state index contributed by atoms with van der Waals surface area (Å²) in [6.45, 7) is 9.08. The smallest absolute Gasteiger partial charge is 0.105 e. The van der Waals surface area contributed by atoms with Crippen LogP contribution in [0.5, 0.6) is 0 Å². The highest BCUT2D eigenvalue weighted by molar-refractivity contribution is 5.82. The van der Waals surface area contributed by atoms with Crippen molar-refractivity contribution in [1.82, 2.24) is 0 Å². The van der Waals surface area contributed by atoms with Gasteiger partial charge in [0.15, 0.2) is 0 Å². The van der Waals surface area contributed by atoms with Gasteiger partial charge >= 0.3 is 0 Å². The molecule has 2 aromatic rings. The molecule has 1 aliphatic rings. The van der Waals surface area contributed by atoms with Crippen molar-refractivity contribution < 1.29 is 4.74 Å². The molecule has 1 unspecified atom stereocenters. The Balaban J connectivity index is 2.08. The Morgan fingerprint density at radius 1 is 1.08 bits per heavy atom. The lowest BCUT2D eigenvalue weighted by Crippen LogP contribution is -2.01. The first kappa shape index (κ1) is 18.4. The van der Waals surface area contributed by atoms with Crippen molar-refractivity contribution >= 4 is 5.57 Å². The minimum absolute atomic E-state index is 0.0648. The maximum absolute atomic E-state index is 6.30. The molecular formula is C25H28O. The van der Waals surface area contributed by atoms with Gasteiger partial charge in [-0.25, -0.2) is 0 Å². The largest absolute Gasteiger partial charge is 0.364 e. The van der Waals surface area contributed by atoms with Gasteiger partial charge in [-0.15, -0.1) is 0 Å². The molecule has 0 amide bonds. The van der Waals surface area contributed by atoms with Gasteiger partial charge in [0.2, 0.25) is 0 Å². The van der Waals surface area contributed by atoms with Crippen molar-refractivity contribution in [3.05, 3.63) is 101 Å². The maximum atomic E-state index is 6.30. The lowest BCUT2D eigenvalue weighted by Gasteiger charge is -2.16. The molecule has 1 nitrogen and oxygen atoms in total. The van der Waals surface area contributed by atoms with Gasteiger partial charge in [0, 0.05) is 0 Å². The number of hydrogen-bond acceptors (Lipinski definition) is 1. The Morgan fingerprint density at radius 3 is 2.35 bits per heavy atom. The molecule has 134 valence electrons. The molecule has 26 heavy (non-hydrogen) atoms. The van der Waals surface area contributed by atoms with E-state index in [2.05, 4.69) is 87.2 Å². The fraction of sp³-hybridized carbons (Fsp3) is 0.280. The van der Waals surface area contributed by atoms with E-state index in [0.717, 1.165) is 12.0 Å². The molecule has 0 bridgehead atoms. The van der Waals surface area contributed by atoms with E-state index in [4.69, 9.17) is 4.74 Å². The van der Waals surface area contributed by atoms with E-state index in [1.54, 1.807) is 0 Å². The third-order valence-electron chi connectivity index (χ3n) is 4.80. The van der Waals surface area contributed by atoms with E-state index in [1.165, 1.54) is 40.7 Å². The van der Waals surface area contributed by atoms with Crippen LogP contribution in [0, 0.1) is 0 Å². The molecule has 2 aromatic carbocycles. The number of benzene rings is 2. The molecule has 0 radical (unpaired) electrons. The van der Waals surface area contributed by atoms with Crippen LogP contribution in [0.25, 0.3) is 5.57 Å². The Labute approximate surface area is 157 Å². The van der Waals surface area contributed by atoms with Crippen LogP contribution in [0.15, 0.2) is 90.0 Å². The fourth-order valence-corrected chi connectivity index (χ4v) is 3.55. The summed E-state index contributed by atoms with van der Waals surface area (Å²) in [5.41, 5.74) is 7.56. The van der Waals surface area contributed by atoms with Crippen LogP contribution in [-0.4, -0.2) is 6.61 Å². The van der Waals surface area contributed by atoms with Crippen molar-refractivity contribution in [2.24, 2.45) is 0 Å². The molecule has 1 atom stereocenters. The predicted octanol–water partition coefficient (Wildman–Crippen LogP) is 6.90. The molecule has 0 saturated heterocycles. The zero-order valence-corrected chi connectivity index (χ0v) is 15.9. The van der Waals surface area contributed by atoms with Crippen molar-refractivity contribution in [2.45, 2.75) is 39.2 Å². The van der Waals surface area contributed by atoms with Gasteiger partial charge in [-0.2, -0.15) is 0 Å². The highest BCUT2D eigenvalue weighted by atomic mass is 16.5. The average Bonchev–Trinajstić information content (AvgIpc) is 3.09. The Kier molecular flexibility index (Phi) is 6.25. The standard InChI is InChI=1S/C25H28O/c1-4-5-16-22-24(18-26-25(22)21-14-10-7-11-15-21)23(17-19(2)3)20-12-8-6-9-13-20/h6-15,17,25H,2,4-5,16,18H2,1,3H3/b23-17+. The van der Waals surface area contributed by atoms with Crippen molar-refractivity contribution in [2.75, 3.05) is 6.61 Å². The van der Waals surface area contributed by atoms with Gasteiger partial charge < -0.3 is 4.74 Å². The second-order valence-electron chi connectivity index (χ2n) is 6.98. The molecule has 0 N–H and O–H groups in total. The van der Waals surface area contributed by atoms with E-state index in [0.29, 0.717) is 6.61 Å². The van der Waals surface area contributed by atoms with E-state index in [-0.39, 0.29) is 6.10 Å². The monoisotopic (exact) mass is 344 g/mol. The molecule has 1 heterocycles. The molecule has 0 spiro atoms. The van der Waals surface area contributed by atoms with Crippen LogP contribution >= 0.6 is 0 Å². The molecule has 0 aromatic heterocycles. The second kappa shape index (κ2) is 8.82. The van der Waals surface area contributed by atoms with E-state index >= 15 is 0 Å². The van der Waals surface area contributed by atoms with E-state index < -0.39 is 0 Å². The first-order valence-electron chi connectivity index (χ1n) is 9.52. The SMILES string of the molecule is C=C(C)/C=C(/C1=C(CCCC)C(c2ccccc2)OC1)c1ccccc1. The topological polar surface area (TPSA) is 9.23 Å². The van der Waals surface area contributed by atoms with Gasteiger partial charge in [-0.1, -0.05) is 92.2 Å². The summed E-state index contributed by atoms with van der Waals surface area (Å²) in [7, 11) is 0. The first-order valence-corrected chi connectivity index (χ1v) is 9.52. The van der Waals surface area contributed by atoms with E-state index in [1.807, 2.05) is 0 Å². The lowest BCUT2D eigenvalue weighted by atomic mass is 9.88. The molecule has 3 rings (SSSR count). The summed E-state index contributed by atoms with van der Waals surface area (Å²) < 4.78 is 6.30. The highest BCUT2D eigenvalue weighted by Crippen LogP contribution is 2.42. The van der Waals surface area contributed by atoms with Crippen LogP contribution in [0.2, 0.25) is 0 Å². The van der Waals surface area contributed by atoms with Crippen LogP contribution in [0.3, 0.4) is 0 Å².